The maximum Gasteiger partial charge on any atom is 0.0580 e. The fourth-order valence-corrected chi connectivity index (χ4v) is 2.98. The van der Waals surface area contributed by atoms with E-state index in [1.54, 1.807) is 0 Å². The summed E-state index contributed by atoms with van der Waals surface area (Å²) in [7, 11) is 0. The first-order chi connectivity index (χ1) is 9.16. The van der Waals surface area contributed by atoms with Crippen molar-refractivity contribution in [1.29, 1.82) is 0 Å². The van der Waals surface area contributed by atoms with Gasteiger partial charge in [-0.2, -0.15) is 0 Å². The Morgan fingerprint density at radius 1 is 1.16 bits per heavy atom. The molecule has 0 aliphatic heterocycles. The van der Waals surface area contributed by atoms with Gasteiger partial charge in [0.15, 0.2) is 0 Å². The third kappa shape index (κ3) is 4.32. The lowest BCUT2D eigenvalue weighted by Crippen LogP contribution is -2.40. The molecule has 106 valence electrons. The van der Waals surface area contributed by atoms with Gasteiger partial charge in [-0.15, -0.1) is 0 Å². The van der Waals surface area contributed by atoms with E-state index in [9.17, 15) is 5.11 Å². The lowest BCUT2D eigenvalue weighted by atomic mass is 9.86. The van der Waals surface area contributed by atoms with Crippen molar-refractivity contribution >= 4 is 0 Å². The predicted molar refractivity (Wildman–Crippen MR) is 80.0 cm³/mol. The maximum absolute atomic E-state index is 10.1. The molecule has 19 heavy (non-hydrogen) atoms. The van der Waals surface area contributed by atoms with Crippen LogP contribution in [0.1, 0.15) is 45.1 Å². The smallest absolute Gasteiger partial charge is 0.0580 e. The largest absolute Gasteiger partial charge is 0.393 e. The molecule has 1 aliphatic rings. The van der Waals surface area contributed by atoms with Gasteiger partial charge in [-0.05, 0) is 38.2 Å². The fourth-order valence-electron chi connectivity index (χ4n) is 2.98. The van der Waals surface area contributed by atoms with Crippen LogP contribution in [0.4, 0.5) is 0 Å². The second-order valence-corrected chi connectivity index (χ2v) is 6.12. The van der Waals surface area contributed by atoms with Crippen molar-refractivity contribution in [3.63, 3.8) is 0 Å². The summed E-state index contributed by atoms with van der Waals surface area (Å²) >= 11 is 0. The van der Waals surface area contributed by atoms with Crippen LogP contribution < -0.4 is 0 Å². The topological polar surface area (TPSA) is 23.5 Å². The summed E-state index contributed by atoms with van der Waals surface area (Å²) in [5, 5.41) is 10.1. The number of benzene rings is 1. The second kappa shape index (κ2) is 7.06. The molecule has 0 amide bonds. The fraction of sp³-hybridized carbons (Fsp3) is 0.647. The summed E-state index contributed by atoms with van der Waals surface area (Å²) in [4.78, 5) is 2.49. The highest BCUT2D eigenvalue weighted by Gasteiger charge is 2.25. The van der Waals surface area contributed by atoms with Crippen LogP contribution in [0.2, 0.25) is 0 Å². The zero-order valence-corrected chi connectivity index (χ0v) is 12.3. The zero-order valence-electron chi connectivity index (χ0n) is 12.3. The molecule has 0 radical (unpaired) electrons. The lowest BCUT2D eigenvalue weighted by molar-refractivity contribution is 0.0374. The number of aliphatic hydroxyl groups excluding tert-OH is 1. The average molecular weight is 261 g/mol. The Hall–Kier alpha value is -0.860. The van der Waals surface area contributed by atoms with Gasteiger partial charge < -0.3 is 5.11 Å². The molecule has 1 aromatic rings. The van der Waals surface area contributed by atoms with Crippen LogP contribution in [0.25, 0.3) is 0 Å². The van der Waals surface area contributed by atoms with Gasteiger partial charge in [0.05, 0.1) is 6.10 Å². The molecule has 1 fully saturated rings. The molecule has 2 rings (SSSR count). The number of nitrogens with zero attached hydrogens (tertiary/aromatic N) is 1. The Morgan fingerprint density at radius 2 is 1.84 bits per heavy atom. The minimum absolute atomic E-state index is 0.0919. The quantitative estimate of drug-likeness (QED) is 0.877. The minimum Gasteiger partial charge on any atom is -0.393 e. The molecule has 0 aromatic heterocycles. The third-order valence-corrected chi connectivity index (χ3v) is 4.30. The van der Waals surface area contributed by atoms with Crippen molar-refractivity contribution in [3.05, 3.63) is 35.9 Å². The third-order valence-electron chi connectivity index (χ3n) is 4.30. The van der Waals surface area contributed by atoms with Gasteiger partial charge in [-0.1, -0.05) is 43.2 Å². The molecule has 1 N–H and O–H groups in total. The van der Waals surface area contributed by atoms with Crippen molar-refractivity contribution in [3.8, 4) is 0 Å². The Morgan fingerprint density at radius 3 is 2.47 bits per heavy atom. The van der Waals surface area contributed by atoms with Crippen LogP contribution in [0.3, 0.4) is 0 Å². The van der Waals surface area contributed by atoms with Crippen LogP contribution in [-0.4, -0.2) is 28.7 Å². The van der Waals surface area contributed by atoms with Crippen LogP contribution in [0.15, 0.2) is 30.3 Å². The molecule has 2 heteroatoms. The van der Waals surface area contributed by atoms with Crippen molar-refractivity contribution in [2.24, 2.45) is 5.92 Å². The van der Waals surface area contributed by atoms with Crippen LogP contribution in [0.5, 0.6) is 0 Å². The summed E-state index contributed by atoms with van der Waals surface area (Å²) in [6, 6.07) is 11.2. The Bertz CT molecular complexity index is 363. The SMILES string of the molecule is CC(C)N(Cc1ccccc1)CC1CCCCC1O. The Kier molecular flexibility index (Phi) is 5.41. The van der Waals surface area contributed by atoms with Gasteiger partial charge in [0.25, 0.3) is 0 Å². The van der Waals surface area contributed by atoms with E-state index < -0.39 is 0 Å². The van der Waals surface area contributed by atoms with Crippen molar-refractivity contribution in [2.75, 3.05) is 6.54 Å². The minimum atomic E-state index is -0.0919. The number of aliphatic hydroxyl groups is 1. The van der Waals surface area contributed by atoms with E-state index in [0.29, 0.717) is 12.0 Å². The molecule has 0 saturated heterocycles. The number of rotatable bonds is 5. The van der Waals surface area contributed by atoms with E-state index in [0.717, 1.165) is 19.5 Å². The van der Waals surface area contributed by atoms with E-state index in [2.05, 4.69) is 49.1 Å². The molecule has 2 atom stereocenters. The van der Waals surface area contributed by atoms with Crippen molar-refractivity contribution in [1.82, 2.24) is 4.90 Å². The van der Waals surface area contributed by atoms with Crippen molar-refractivity contribution in [2.45, 2.75) is 58.2 Å². The summed E-state index contributed by atoms with van der Waals surface area (Å²) in [6.45, 7) is 6.51. The van der Waals surface area contributed by atoms with Gasteiger partial charge in [0.2, 0.25) is 0 Å². The van der Waals surface area contributed by atoms with E-state index >= 15 is 0 Å². The van der Waals surface area contributed by atoms with Crippen LogP contribution >= 0.6 is 0 Å². The normalized spacial score (nSPS) is 24.1. The second-order valence-electron chi connectivity index (χ2n) is 6.12. The summed E-state index contributed by atoms with van der Waals surface area (Å²) in [6.07, 6.45) is 4.55. The molecule has 0 bridgehead atoms. The van der Waals surface area contributed by atoms with E-state index in [-0.39, 0.29) is 6.10 Å². The van der Waals surface area contributed by atoms with Gasteiger partial charge in [0, 0.05) is 19.1 Å². The molecule has 1 aliphatic carbocycles. The Labute approximate surface area is 117 Å². The first kappa shape index (κ1) is 14.5. The molecule has 2 unspecified atom stereocenters. The van der Waals surface area contributed by atoms with Gasteiger partial charge in [0.1, 0.15) is 0 Å². The maximum atomic E-state index is 10.1. The molecule has 1 saturated carbocycles. The zero-order chi connectivity index (χ0) is 13.7. The molecular weight excluding hydrogens is 234 g/mol. The predicted octanol–water partition coefficient (Wildman–Crippen LogP) is 3.45. The number of hydrogen-bond donors (Lipinski definition) is 1. The molecule has 1 aromatic carbocycles. The van der Waals surface area contributed by atoms with E-state index in [1.807, 2.05) is 0 Å². The standard InChI is InChI=1S/C17H27NO/c1-14(2)18(12-15-8-4-3-5-9-15)13-16-10-6-7-11-17(16)19/h3-5,8-9,14,16-17,19H,6-7,10-13H2,1-2H3. The van der Waals surface area contributed by atoms with E-state index in [4.69, 9.17) is 0 Å². The highest BCUT2D eigenvalue weighted by atomic mass is 16.3. The molecule has 0 spiro atoms. The highest BCUT2D eigenvalue weighted by Crippen LogP contribution is 2.26. The number of hydrogen-bond acceptors (Lipinski definition) is 2. The first-order valence-corrected chi connectivity index (χ1v) is 7.63. The first-order valence-electron chi connectivity index (χ1n) is 7.63. The van der Waals surface area contributed by atoms with Gasteiger partial charge >= 0.3 is 0 Å². The Balaban J connectivity index is 1.96. The molecule has 0 heterocycles. The molecular formula is C17H27NO. The van der Waals surface area contributed by atoms with Crippen LogP contribution in [0, 0.1) is 5.92 Å². The van der Waals surface area contributed by atoms with Gasteiger partial charge in [-0.25, -0.2) is 0 Å². The monoisotopic (exact) mass is 261 g/mol. The van der Waals surface area contributed by atoms with E-state index in [1.165, 1.54) is 24.8 Å². The highest BCUT2D eigenvalue weighted by molar-refractivity contribution is 5.14. The van der Waals surface area contributed by atoms with Crippen molar-refractivity contribution < 1.29 is 5.11 Å². The molecule has 2 nitrogen and oxygen atoms in total. The average Bonchev–Trinajstić information content (AvgIpc) is 2.41. The summed E-state index contributed by atoms with van der Waals surface area (Å²) in [5.41, 5.74) is 1.36. The summed E-state index contributed by atoms with van der Waals surface area (Å²) in [5.74, 6) is 0.458. The lowest BCUT2D eigenvalue weighted by Gasteiger charge is -2.35. The van der Waals surface area contributed by atoms with Gasteiger partial charge in [-0.3, -0.25) is 4.90 Å². The summed E-state index contributed by atoms with van der Waals surface area (Å²) < 4.78 is 0. The van der Waals surface area contributed by atoms with Crippen LogP contribution in [-0.2, 0) is 6.54 Å².